The molecule has 3 heteroatoms. The Balaban J connectivity index is 2.13. The molecule has 0 aromatic heterocycles. The van der Waals surface area contributed by atoms with Crippen LogP contribution < -0.4 is 5.32 Å². The van der Waals surface area contributed by atoms with Crippen molar-refractivity contribution in [2.24, 2.45) is 5.92 Å². The molecule has 1 saturated carbocycles. The molecule has 1 aliphatic rings. The molecule has 17 heavy (non-hydrogen) atoms. The van der Waals surface area contributed by atoms with Crippen molar-refractivity contribution >= 4 is 0 Å². The molecule has 0 aromatic carbocycles. The molecule has 0 bridgehead atoms. The van der Waals surface area contributed by atoms with Crippen LogP contribution in [0, 0.1) is 5.92 Å². The number of nitrogens with one attached hydrogen (secondary N) is 1. The van der Waals surface area contributed by atoms with Crippen LogP contribution in [0.15, 0.2) is 0 Å². The van der Waals surface area contributed by atoms with Crippen molar-refractivity contribution in [3.8, 4) is 0 Å². The Morgan fingerprint density at radius 1 is 1.41 bits per heavy atom. The first kappa shape index (κ1) is 14.9. The van der Waals surface area contributed by atoms with Gasteiger partial charge in [0.25, 0.3) is 0 Å². The average Bonchev–Trinajstić information content (AvgIpc) is 2.14. The van der Waals surface area contributed by atoms with Crippen LogP contribution >= 0.6 is 0 Å². The molecule has 1 fully saturated rings. The summed E-state index contributed by atoms with van der Waals surface area (Å²) in [6, 6.07) is 0. The lowest BCUT2D eigenvalue weighted by molar-refractivity contribution is -0.0208. The molecule has 0 aromatic rings. The van der Waals surface area contributed by atoms with E-state index in [2.05, 4.69) is 33.0 Å². The van der Waals surface area contributed by atoms with Crippen LogP contribution in [0.5, 0.6) is 0 Å². The van der Waals surface area contributed by atoms with Gasteiger partial charge in [-0.3, -0.25) is 0 Å². The van der Waals surface area contributed by atoms with E-state index in [0.29, 0.717) is 19.1 Å². The third-order valence-electron chi connectivity index (χ3n) is 3.34. The van der Waals surface area contributed by atoms with Gasteiger partial charge in [0.05, 0.1) is 17.8 Å². The second-order valence-corrected chi connectivity index (χ2v) is 6.56. The smallest absolute Gasteiger partial charge is 0.0774 e. The fourth-order valence-electron chi connectivity index (χ4n) is 2.54. The minimum atomic E-state index is -0.487. The van der Waals surface area contributed by atoms with Gasteiger partial charge >= 0.3 is 0 Å². The molecule has 2 unspecified atom stereocenters. The first-order valence-corrected chi connectivity index (χ1v) is 6.88. The Hall–Kier alpha value is -0.120. The third-order valence-corrected chi connectivity index (χ3v) is 3.34. The van der Waals surface area contributed by atoms with Crippen molar-refractivity contribution < 1.29 is 9.84 Å². The molecule has 0 heterocycles. The highest BCUT2D eigenvalue weighted by Crippen LogP contribution is 2.31. The number of aliphatic hydroxyl groups is 1. The summed E-state index contributed by atoms with van der Waals surface area (Å²) >= 11 is 0. The predicted molar refractivity (Wildman–Crippen MR) is 71.2 cm³/mol. The zero-order valence-electron chi connectivity index (χ0n) is 11.9. The molecule has 1 rings (SSSR count). The average molecular weight is 243 g/mol. The summed E-state index contributed by atoms with van der Waals surface area (Å²) in [5.74, 6) is 0.654. The maximum atomic E-state index is 10.4. The minimum absolute atomic E-state index is 0.0715. The largest absolute Gasteiger partial charge is 0.389 e. The number of hydrogen-bond acceptors (Lipinski definition) is 3. The van der Waals surface area contributed by atoms with Gasteiger partial charge in [0.1, 0.15) is 0 Å². The lowest BCUT2D eigenvalue weighted by Crippen LogP contribution is -2.45. The van der Waals surface area contributed by atoms with E-state index >= 15 is 0 Å². The first-order chi connectivity index (χ1) is 7.81. The van der Waals surface area contributed by atoms with Gasteiger partial charge in [-0.1, -0.05) is 19.8 Å². The van der Waals surface area contributed by atoms with Crippen LogP contribution in [-0.4, -0.2) is 36.0 Å². The lowest BCUT2D eigenvalue weighted by Gasteiger charge is -2.35. The van der Waals surface area contributed by atoms with Gasteiger partial charge < -0.3 is 15.2 Å². The van der Waals surface area contributed by atoms with Crippen LogP contribution in [0.2, 0.25) is 0 Å². The van der Waals surface area contributed by atoms with E-state index in [1.165, 1.54) is 6.42 Å². The van der Waals surface area contributed by atoms with Crippen LogP contribution in [0.4, 0.5) is 0 Å². The molecular weight excluding hydrogens is 214 g/mol. The molecule has 2 N–H and O–H groups in total. The highest BCUT2D eigenvalue weighted by atomic mass is 16.5. The van der Waals surface area contributed by atoms with Gasteiger partial charge in [-0.15, -0.1) is 0 Å². The van der Waals surface area contributed by atoms with E-state index in [1.54, 1.807) is 0 Å². The normalized spacial score (nSPS) is 30.5. The summed E-state index contributed by atoms with van der Waals surface area (Å²) in [4.78, 5) is 0. The van der Waals surface area contributed by atoms with Crippen molar-refractivity contribution in [1.82, 2.24) is 5.32 Å². The summed E-state index contributed by atoms with van der Waals surface area (Å²) < 4.78 is 5.63. The Kier molecular flexibility index (Phi) is 5.42. The Morgan fingerprint density at radius 3 is 2.71 bits per heavy atom. The Morgan fingerprint density at radius 2 is 2.12 bits per heavy atom. The summed E-state index contributed by atoms with van der Waals surface area (Å²) in [6.45, 7) is 10.6. The van der Waals surface area contributed by atoms with Crippen molar-refractivity contribution in [2.75, 3.05) is 19.7 Å². The second-order valence-electron chi connectivity index (χ2n) is 6.56. The van der Waals surface area contributed by atoms with E-state index < -0.39 is 5.60 Å². The number of hydrogen-bond donors (Lipinski definition) is 2. The summed E-state index contributed by atoms with van der Waals surface area (Å²) in [7, 11) is 0. The van der Waals surface area contributed by atoms with E-state index in [-0.39, 0.29) is 5.60 Å². The van der Waals surface area contributed by atoms with E-state index in [9.17, 15) is 5.11 Å². The highest BCUT2D eigenvalue weighted by molar-refractivity contribution is 4.86. The molecule has 2 atom stereocenters. The fourth-order valence-corrected chi connectivity index (χ4v) is 2.54. The molecule has 1 aliphatic carbocycles. The van der Waals surface area contributed by atoms with Crippen molar-refractivity contribution in [1.29, 1.82) is 0 Å². The second kappa shape index (κ2) is 6.17. The van der Waals surface area contributed by atoms with E-state index in [0.717, 1.165) is 25.8 Å². The van der Waals surface area contributed by atoms with Gasteiger partial charge in [-0.25, -0.2) is 0 Å². The van der Waals surface area contributed by atoms with E-state index in [1.807, 2.05) is 0 Å². The standard InChI is InChI=1S/C14H29NO2/c1-12-6-5-7-14(16,10-12)11-15-8-9-17-13(2,3)4/h12,15-16H,5-11H2,1-4H3. The van der Waals surface area contributed by atoms with E-state index in [4.69, 9.17) is 4.74 Å². The van der Waals surface area contributed by atoms with Crippen LogP contribution in [0.25, 0.3) is 0 Å². The molecule has 0 radical (unpaired) electrons. The molecule has 0 spiro atoms. The predicted octanol–water partition coefficient (Wildman–Crippen LogP) is 2.33. The zero-order valence-corrected chi connectivity index (χ0v) is 11.9. The molecule has 0 aliphatic heterocycles. The van der Waals surface area contributed by atoms with Gasteiger partial charge in [0.15, 0.2) is 0 Å². The first-order valence-electron chi connectivity index (χ1n) is 6.88. The molecule has 102 valence electrons. The number of rotatable bonds is 5. The van der Waals surface area contributed by atoms with Crippen LogP contribution in [0.1, 0.15) is 53.4 Å². The van der Waals surface area contributed by atoms with Crippen molar-refractivity contribution in [2.45, 2.75) is 64.6 Å². The summed E-state index contributed by atoms with van der Waals surface area (Å²) in [6.07, 6.45) is 4.28. The molecular formula is C14H29NO2. The number of ether oxygens (including phenoxy) is 1. The minimum Gasteiger partial charge on any atom is -0.389 e. The topological polar surface area (TPSA) is 41.5 Å². The SMILES string of the molecule is CC1CCCC(O)(CNCCOC(C)(C)C)C1. The van der Waals surface area contributed by atoms with Gasteiger partial charge in [-0.2, -0.15) is 0 Å². The quantitative estimate of drug-likeness (QED) is 0.728. The summed E-state index contributed by atoms with van der Waals surface area (Å²) in [5.41, 5.74) is -0.558. The van der Waals surface area contributed by atoms with Crippen LogP contribution in [0.3, 0.4) is 0 Å². The third kappa shape index (κ3) is 6.39. The van der Waals surface area contributed by atoms with Crippen molar-refractivity contribution in [3.63, 3.8) is 0 Å². The van der Waals surface area contributed by atoms with Gasteiger partial charge in [0.2, 0.25) is 0 Å². The lowest BCUT2D eigenvalue weighted by atomic mass is 9.79. The fraction of sp³-hybridized carbons (Fsp3) is 1.00. The molecule has 0 amide bonds. The highest BCUT2D eigenvalue weighted by Gasteiger charge is 2.31. The maximum Gasteiger partial charge on any atom is 0.0774 e. The Bertz CT molecular complexity index is 225. The maximum absolute atomic E-state index is 10.4. The van der Waals surface area contributed by atoms with Crippen LogP contribution in [-0.2, 0) is 4.74 Å². The summed E-state index contributed by atoms with van der Waals surface area (Å²) in [5, 5.41) is 13.7. The molecule has 3 nitrogen and oxygen atoms in total. The van der Waals surface area contributed by atoms with Crippen molar-refractivity contribution in [3.05, 3.63) is 0 Å². The molecule has 0 saturated heterocycles. The zero-order chi connectivity index (χ0) is 12.9. The van der Waals surface area contributed by atoms with Gasteiger partial charge in [-0.05, 0) is 39.5 Å². The Labute approximate surface area is 106 Å². The van der Waals surface area contributed by atoms with Gasteiger partial charge in [0, 0.05) is 13.1 Å². The monoisotopic (exact) mass is 243 g/mol.